The van der Waals surface area contributed by atoms with Crippen LogP contribution in [-0.4, -0.2) is 18.6 Å². The number of thiophene rings is 2. The Morgan fingerprint density at radius 1 is 1.11 bits per heavy atom. The summed E-state index contributed by atoms with van der Waals surface area (Å²) < 4.78 is 33.6. The predicted octanol–water partition coefficient (Wildman–Crippen LogP) is 4.90. The molecule has 0 saturated carbocycles. The molecule has 1 aromatic carbocycles. The standard InChI is InChI=1S/C17H12ClN3O3S3/c18-14-7-8-16(26-14)27(22,23)21-12-5-2-1-4-11(12)10-15-19-17(20-24-15)13-6-3-9-25-13/h1-9,21H,10H2. The number of nitrogens with zero attached hydrogens (tertiary/aromatic N) is 2. The lowest BCUT2D eigenvalue weighted by atomic mass is 10.1. The van der Waals surface area contributed by atoms with Gasteiger partial charge in [-0.3, -0.25) is 4.72 Å². The van der Waals surface area contributed by atoms with Crippen LogP contribution in [0.1, 0.15) is 11.5 Å². The maximum Gasteiger partial charge on any atom is 0.271 e. The molecule has 0 aliphatic carbocycles. The highest BCUT2D eigenvalue weighted by molar-refractivity contribution is 7.94. The minimum atomic E-state index is -3.72. The third kappa shape index (κ3) is 4.06. The van der Waals surface area contributed by atoms with Crippen molar-refractivity contribution in [2.45, 2.75) is 10.6 Å². The second-order valence-corrected chi connectivity index (χ2v) is 10.1. The van der Waals surface area contributed by atoms with E-state index in [-0.39, 0.29) is 4.21 Å². The number of nitrogens with one attached hydrogen (secondary N) is 1. The monoisotopic (exact) mass is 437 g/mol. The first-order valence-electron chi connectivity index (χ1n) is 7.74. The predicted molar refractivity (Wildman–Crippen MR) is 107 cm³/mol. The van der Waals surface area contributed by atoms with E-state index in [9.17, 15) is 8.42 Å². The summed E-state index contributed by atoms with van der Waals surface area (Å²) >= 11 is 8.37. The lowest BCUT2D eigenvalue weighted by molar-refractivity contribution is 0.386. The van der Waals surface area contributed by atoms with E-state index in [1.165, 1.54) is 17.4 Å². The zero-order valence-corrected chi connectivity index (χ0v) is 16.8. The van der Waals surface area contributed by atoms with Crippen LogP contribution in [0.4, 0.5) is 5.69 Å². The molecule has 3 aromatic heterocycles. The second kappa shape index (κ2) is 7.43. The third-order valence-electron chi connectivity index (χ3n) is 3.63. The van der Waals surface area contributed by atoms with Gasteiger partial charge in [0, 0.05) is 0 Å². The van der Waals surface area contributed by atoms with Crippen LogP contribution in [0.5, 0.6) is 0 Å². The number of benzene rings is 1. The highest BCUT2D eigenvalue weighted by Gasteiger charge is 2.19. The Morgan fingerprint density at radius 2 is 1.96 bits per heavy atom. The number of hydrogen-bond donors (Lipinski definition) is 1. The van der Waals surface area contributed by atoms with Crippen molar-refractivity contribution in [1.29, 1.82) is 0 Å². The quantitative estimate of drug-likeness (QED) is 0.463. The van der Waals surface area contributed by atoms with Gasteiger partial charge in [0.2, 0.25) is 11.7 Å². The van der Waals surface area contributed by atoms with Crippen molar-refractivity contribution >= 4 is 50.0 Å². The molecule has 0 amide bonds. The van der Waals surface area contributed by atoms with Crippen molar-refractivity contribution in [3.63, 3.8) is 0 Å². The first-order chi connectivity index (χ1) is 13.0. The number of anilines is 1. The minimum Gasteiger partial charge on any atom is -0.339 e. The van der Waals surface area contributed by atoms with Gasteiger partial charge in [0.1, 0.15) is 4.21 Å². The van der Waals surface area contributed by atoms with Crippen LogP contribution in [0.15, 0.2) is 62.6 Å². The summed E-state index contributed by atoms with van der Waals surface area (Å²) in [6, 6.07) is 13.9. The molecule has 4 rings (SSSR count). The third-order valence-corrected chi connectivity index (χ3v) is 7.58. The van der Waals surface area contributed by atoms with Crippen LogP contribution in [0.2, 0.25) is 4.34 Å². The molecule has 0 fully saturated rings. The van der Waals surface area contributed by atoms with Crippen molar-refractivity contribution in [2.24, 2.45) is 0 Å². The average molecular weight is 438 g/mol. The fourth-order valence-corrected chi connectivity index (χ4v) is 5.64. The molecule has 0 aliphatic rings. The number of rotatable bonds is 6. The van der Waals surface area contributed by atoms with Crippen LogP contribution < -0.4 is 4.72 Å². The van der Waals surface area contributed by atoms with Crippen molar-refractivity contribution < 1.29 is 12.9 Å². The van der Waals surface area contributed by atoms with Crippen LogP contribution in [0.25, 0.3) is 10.7 Å². The molecule has 6 nitrogen and oxygen atoms in total. The van der Waals surface area contributed by atoms with E-state index >= 15 is 0 Å². The maximum atomic E-state index is 12.6. The zero-order valence-electron chi connectivity index (χ0n) is 13.6. The molecule has 0 spiro atoms. The Labute approximate surface area is 168 Å². The van der Waals surface area contributed by atoms with Crippen LogP contribution in [0.3, 0.4) is 0 Å². The van der Waals surface area contributed by atoms with Gasteiger partial charge in [-0.2, -0.15) is 4.98 Å². The Morgan fingerprint density at radius 3 is 2.70 bits per heavy atom. The molecule has 10 heteroatoms. The number of aromatic nitrogens is 2. The summed E-state index contributed by atoms with van der Waals surface area (Å²) in [4.78, 5) is 5.30. The first-order valence-corrected chi connectivity index (χ1v) is 11.3. The van der Waals surface area contributed by atoms with Crippen molar-refractivity contribution in [2.75, 3.05) is 4.72 Å². The minimum absolute atomic E-state index is 0.153. The summed E-state index contributed by atoms with van der Waals surface area (Å²) in [5.74, 6) is 0.926. The Balaban J connectivity index is 1.58. The van der Waals surface area contributed by atoms with Crippen LogP contribution in [-0.2, 0) is 16.4 Å². The van der Waals surface area contributed by atoms with Crippen molar-refractivity contribution in [1.82, 2.24) is 10.1 Å². The van der Waals surface area contributed by atoms with E-state index in [0.29, 0.717) is 28.2 Å². The molecule has 138 valence electrons. The fraction of sp³-hybridized carbons (Fsp3) is 0.0588. The molecular weight excluding hydrogens is 426 g/mol. The summed E-state index contributed by atoms with van der Waals surface area (Å²) in [6.07, 6.45) is 0.308. The van der Waals surface area contributed by atoms with Crippen molar-refractivity contribution in [3.05, 3.63) is 69.7 Å². The average Bonchev–Trinajstić information content (AvgIpc) is 3.37. The summed E-state index contributed by atoms with van der Waals surface area (Å²) in [5, 5.41) is 5.92. The van der Waals surface area contributed by atoms with E-state index in [4.69, 9.17) is 16.1 Å². The summed E-state index contributed by atoms with van der Waals surface area (Å²) in [6.45, 7) is 0. The molecule has 3 heterocycles. The normalized spacial score (nSPS) is 11.6. The van der Waals surface area contributed by atoms with E-state index in [1.807, 2.05) is 29.6 Å². The number of para-hydroxylation sites is 1. The van der Waals surface area contributed by atoms with Gasteiger partial charge in [0.05, 0.1) is 21.3 Å². The Bertz CT molecular complexity index is 1170. The molecule has 0 atom stereocenters. The molecule has 0 aliphatic heterocycles. The smallest absolute Gasteiger partial charge is 0.271 e. The van der Waals surface area contributed by atoms with Crippen molar-refractivity contribution in [3.8, 4) is 10.7 Å². The maximum absolute atomic E-state index is 12.6. The summed E-state index contributed by atoms with van der Waals surface area (Å²) in [7, 11) is -3.72. The topological polar surface area (TPSA) is 85.1 Å². The van der Waals surface area contributed by atoms with E-state index in [2.05, 4.69) is 14.9 Å². The Hall–Kier alpha value is -2.20. The molecule has 4 aromatic rings. The van der Waals surface area contributed by atoms with E-state index in [0.717, 1.165) is 21.8 Å². The first kappa shape index (κ1) is 18.2. The lowest BCUT2D eigenvalue weighted by Gasteiger charge is -2.10. The van der Waals surface area contributed by atoms with E-state index in [1.54, 1.807) is 18.2 Å². The van der Waals surface area contributed by atoms with Crippen LogP contribution in [0, 0.1) is 0 Å². The second-order valence-electron chi connectivity index (χ2n) is 5.49. The van der Waals surface area contributed by atoms with Gasteiger partial charge in [-0.05, 0) is 35.2 Å². The molecule has 0 unspecified atom stereocenters. The SMILES string of the molecule is O=S(=O)(Nc1ccccc1Cc1nc(-c2cccs2)no1)c1ccc(Cl)s1. The van der Waals surface area contributed by atoms with Gasteiger partial charge in [0.15, 0.2) is 0 Å². The van der Waals surface area contributed by atoms with Gasteiger partial charge in [-0.25, -0.2) is 8.42 Å². The largest absolute Gasteiger partial charge is 0.339 e. The van der Waals surface area contributed by atoms with Gasteiger partial charge >= 0.3 is 0 Å². The molecule has 1 N–H and O–H groups in total. The van der Waals surface area contributed by atoms with Gasteiger partial charge in [0.25, 0.3) is 10.0 Å². The molecular formula is C17H12ClN3O3S3. The highest BCUT2D eigenvalue weighted by Crippen LogP contribution is 2.29. The highest BCUT2D eigenvalue weighted by atomic mass is 35.5. The summed E-state index contributed by atoms with van der Waals surface area (Å²) in [5.41, 5.74) is 1.18. The molecule has 0 radical (unpaired) electrons. The number of halogens is 1. The van der Waals surface area contributed by atoms with Gasteiger partial charge in [-0.15, -0.1) is 22.7 Å². The van der Waals surface area contributed by atoms with Gasteiger partial charge < -0.3 is 4.52 Å². The fourth-order valence-electron chi connectivity index (χ4n) is 2.41. The van der Waals surface area contributed by atoms with E-state index < -0.39 is 10.0 Å². The molecule has 0 bridgehead atoms. The Kier molecular flexibility index (Phi) is 5.00. The number of hydrogen-bond acceptors (Lipinski definition) is 7. The molecule has 27 heavy (non-hydrogen) atoms. The molecule has 0 saturated heterocycles. The van der Waals surface area contributed by atoms with Crippen LogP contribution >= 0.6 is 34.3 Å². The lowest BCUT2D eigenvalue weighted by Crippen LogP contribution is -2.13. The van der Waals surface area contributed by atoms with Gasteiger partial charge in [-0.1, -0.05) is 41.0 Å². The zero-order chi connectivity index (χ0) is 18.9. The number of sulfonamides is 1.